The first kappa shape index (κ1) is 16.3. The van der Waals surface area contributed by atoms with Gasteiger partial charge < -0.3 is 15.9 Å². The van der Waals surface area contributed by atoms with Crippen molar-refractivity contribution in [1.29, 1.82) is 0 Å². The molecule has 0 aliphatic heterocycles. The zero-order valence-electron chi connectivity index (χ0n) is 10.9. The first-order valence-corrected chi connectivity index (χ1v) is 5.77. The number of urea groups is 1. The summed E-state index contributed by atoms with van der Waals surface area (Å²) in [5.74, 6) is 0.211. The van der Waals surface area contributed by atoms with Crippen LogP contribution in [0.4, 0.5) is 4.79 Å². The van der Waals surface area contributed by atoms with Crippen LogP contribution in [-0.2, 0) is 0 Å². The minimum atomic E-state index is -0.782. The van der Waals surface area contributed by atoms with E-state index in [1.165, 1.54) is 12.3 Å². The van der Waals surface area contributed by atoms with E-state index >= 15 is 0 Å². The van der Waals surface area contributed by atoms with E-state index in [1.54, 1.807) is 36.4 Å². The van der Waals surface area contributed by atoms with Crippen LogP contribution in [-0.4, -0.2) is 22.5 Å². The zero-order valence-corrected chi connectivity index (χ0v) is 11.7. The van der Waals surface area contributed by atoms with Gasteiger partial charge >= 0.3 is 6.03 Å². The molecule has 0 heterocycles. The molecule has 0 bridgehead atoms. The molecule has 7 heteroatoms. The van der Waals surface area contributed by atoms with Crippen LogP contribution in [0.25, 0.3) is 11.1 Å². The Kier molecular flexibility index (Phi) is 5.57. The molecule has 0 aliphatic rings. The number of hydrogen-bond acceptors (Lipinski definition) is 4. The molecule has 21 heavy (non-hydrogen) atoms. The monoisotopic (exact) mass is 307 g/mol. The van der Waals surface area contributed by atoms with Gasteiger partial charge in [-0.05, 0) is 35.4 Å². The number of halogens is 1. The quantitative estimate of drug-likeness (QED) is 0.515. The molecular weight excluding hydrogens is 294 g/mol. The van der Waals surface area contributed by atoms with Crippen LogP contribution in [0, 0.1) is 0 Å². The number of rotatable bonds is 3. The van der Waals surface area contributed by atoms with E-state index in [4.69, 9.17) is 5.73 Å². The molecule has 0 spiro atoms. The van der Waals surface area contributed by atoms with Crippen LogP contribution < -0.4 is 11.2 Å². The van der Waals surface area contributed by atoms with Gasteiger partial charge in [-0.3, -0.25) is 0 Å². The molecule has 0 atom stereocenters. The Morgan fingerprint density at radius 1 is 1.10 bits per heavy atom. The summed E-state index contributed by atoms with van der Waals surface area (Å²) in [7, 11) is 0. The molecule has 6 nitrogen and oxygen atoms in total. The normalized spacial score (nSPS) is 10.1. The number of hydrazone groups is 1. The SMILES string of the molecule is Cl.NC(=O)NN=Cc1cc(-c2ccc(O)cc2)ccc1O. The van der Waals surface area contributed by atoms with Gasteiger partial charge in [0, 0.05) is 5.56 Å². The van der Waals surface area contributed by atoms with E-state index in [-0.39, 0.29) is 23.9 Å². The summed E-state index contributed by atoms with van der Waals surface area (Å²) >= 11 is 0. The number of nitrogens with two attached hydrogens (primary N) is 1. The molecule has 110 valence electrons. The third kappa shape index (κ3) is 4.39. The summed E-state index contributed by atoms with van der Waals surface area (Å²) in [5, 5.41) is 22.6. The summed E-state index contributed by atoms with van der Waals surface area (Å²) in [6, 6.07) is 10.8. The second-order valence-corrected chi connectivity index (χ2v) is 4.05. The number of nitrogens with zero attached hydrogens (tertiary/aromatic N) is 1. The summed E-state index contributed by atoms with van der Waals surface area (Å²) < 4.78 is 0. The fourth-order valence-corrected chi connectivity index (χ4v) is 1.66. The molecule has 2 aromatic rings. The molecule has 2 amide bonds. The van der Waals surface area contributed by atoms with Crippen molar-refractivity contribution in [3.8, 4) is 22.6 Å². The number of nitrogens with one attached hydrogen (secondary N) is 1. The fraction of sp³-hybridized carbons (Fsp3) is 0. The van der Waals surface area contributed by atoms with E-state index in [9.17, 15) is 15.0 Å². The smallest absolute Gasteiger partial charge is 0.332 e. The second-order valence-electron chi connectivity index (χ2n) is 4.05. The highest BCUT2D eigenvalue weighted by Gasteiger charge is 2.03. The number of hydrogen-bond donors (Lipinski definition) is 4. The molecule has 2 aromatic carbocycles. The van der Waals surface area contributed by atoms with Crippen LogP contribution in [0.15, 0.2) is 47.6 Å². The fourth-order valence-electron chi connectivity index (χ4n) is 1.66. The molecule has 5 N–H and O–H groups in total. The van der Waals surface area contributed by atoms with Gasteiger partial charge in [0.15, 0.2) is 0 Å². The molecule has 0 fully saturated rings. The first-order chi connectivity index (χ1) is 9.56. The average Bonchev–Trinajstić information content (AvgIpc) is 2.41. The van der Waals surface area contributed by atoms with Crippen LogP contribution in [0.5, 0.6) is 11.5 Å². The van der Waals surface area contributed by atoms with Gasteiger partial charge in [0.05, 0.1) is 6.21 Å². The summed E-state index contributed by atoms with van der Waals surface area (Å²) in [6.45, 7) is 0. The predicted octanol–water partition coefficient (Wildman–Crippen LogP) is 2.19. The standard InChI is InChI=1S/C14H13N3O3.ClH/c15-14(20)17-16-8-11-7-10(3-6-13(11)19)9-1-4-12(18)5-2-9;/h1-8,18-19H,(H3,15,17,20);1H. The number of phenolic OH excluding ortho intramolecular Hbond substituents is 2. The van der Waals surface area contributed by atoms with Crippen molar-refractivity contribution in [3.05, 3.63) is 48.0 Å². The maximum absolute atomic E-state index is 10.5. The van der Waals surface area contributed by atoms with E-state index < -0.39 is 6.03 Å². The highest BCUT2D eigenvalue weighted by atomic mass is 35.5. The minimum Gasteiger partial charge on any atom is -0.508 e. The minimum absolute atomic E-state index is 0. The molecular formula is C14H14ClN3O3. The number of carbonyl (C=O) groups excluding carboxylic acids is 1. The molecule has 0 aliphatic carbocycles. The number of phenols is 2. The third-order valence-corrected chi connectivity index (χ3v) is 2.61. The highest BCUT2D eigenvalue weighted by molar-refractivity contribution is 5.87. The number of carbonyl (C=O) groups is 1. The van der Waals surface area contributed by atoms with E-state index in [0.29, 0.717) is 5.56 Å². The zero-order chi connectivity index (χ0) is 14.5. The van der Waals surface area contributed by atoms with E-state index in [1.807, 2.05) is 0 Å². The van der Waals surface area contributed by atoms with Crippen molar-refractivity contribution in [2.45, 2.75) is 0 Å². The van der Waals surface area contributed by atoms with E-state index in [0.717, 1.165) is 11.1 Å². The molecule has 0 saturated carbocycles. The Bertz CT molecular complexity index is 657. The van der Waals surface area contributed by atoms with E-state index in [2.05, 4.69) is 10.5 Å². The Hall–Kier alpha value is -2.73. The maximum Gasteiger partial charge on any atom is 0.332 e. The Morgan fingerprint density at radius 3 is 2.33 bits per heavy atom. The number of aromatic hydroxyl groups is 2. The van der Waals surface area contributed by atoms with Gasteiger partial charge in [0.2, 0.25) is 0 Å². The Balaban J connectivity index is 0.00000220. The largest absolute Gasteiger partial charge is 0.508 e. The van der Waals surface area contributed by atoms with Gasteiger partial charge in [-0.25, -0.2) is 10.2 Å². The number of amides is 2. The van der Waals surface area contributed by atoms with Gasteiger partial charge in [-0.1, -0.05) is 18.2 Å². The highest BCUT2D eigenvalue weighted by Crippen LogP contribution is 2.26. The molecule has 0 aromatic heterocycles. The van der Waals surface area contributed by atoms with Gasteiger partial charge in [-0.15, -0.1) is 12.4 Å². The summed E-state index contributed by atoms with van der Waals surface area (Å²) in [4.78, 5) is 10.5. The van der Waals surface area contributed by atoms with Crippen LogP contribution in [0.3, 0.4) is 0 Å². The van der Waals surface area contributed by atoms with Crippen molar-refractivity contribution >= 4 is 24.7 Å². The van der Waals surface area contributed by atoms with Crippen LogP contribution in [0.2, 0.25) is 0 Å². The van der Waals surface area contributed by atoms with Crippen molar-refractivity contribution < 1.29 is 15.0 Å². The van der Waals surface area contributed by atoms with Crippen LogP contribution in [0.1, 0.15) is 5.56 Å². The number of benzene rings is 2. The summed E-state index contributed by atoms with van der Waals surface area (Å²) in [6.07, 6.45) is 1.30. The second kappa shape index (κ2) is 7.16. The third-order valence-electron chi connectivity index (χ3n) is 2.61. The van der Waals surface area contributed by atoms with Crippen molar-refractivity contribution in [3.63, 3.8) is 0 Å². The lowest BCUT2D eigenvalue weighted by Gasteiger charge is -2.05. The van der Waals surface area contributed by atoms with Gasteiger partial charge in [0.25, 0.3) is 0 Å². The lowest BCUT2D eigenvalue weighted by molar-refractivity contribution is 0.249. The molecule has 2 rings (SSSR count). The maximum atomic E-state index is 10.5. The van der Waals surface area contributed by atoms with Crippen molar-refractivity contribution in [2.24, 2.45) is 10.8 Å². The molecule has 0 unspecified atom stereocenters. The van der Waals surface area contributed by atoms with Crippen molar-refractivity contribution in [1.82, 2.24) is 5.43 Å². The Labute approximate surface area is 127 Å². The van der Waals surface area contributed by atoms with Gasteiger partial charge in [-0.2, -0.15) is 5.10 Å². The average molecular weight is 308 g/mol. The predicted molar refractivity (Wildman–Crippen MR) is 82.8 cm³/mol. The molecule has 0 saturated heterocycles. The number of primary amides is 1. The molecule has 0 radical (unpaired) electrons. The van der Waals surface area contributed by atoms with Crippen LogP contribution >= 0.6 is 12.4 Å². The topological polar surface area (TPSA) is 108 Å². The first-order valence-electron chi connectivity index (χ1n) is 5.77. The lowest BCUT2D eigenvalue weighted by Crippen LogP contribution is -2.24. The lowest BCUT2D eigenvalue weighted by atomic mass is 10.0. The van der Waals surface area contributed by atoms with Gasteiger partial charge in [0.1, 0.15) is 11.5 Å². The van der Waals surface area contributed by atoms with Crippen molar-refractivity contribution in [2.75, 3.05) is 0 Å². The Morgan fingerprint density at radius 2 is 1.71 bits per heavy atom. The summed E-state index contributed by atoms with van der Waals surface area (Å²) in [5.41, 5.74) is 9.08.